The lowest BCUT2D eigenvalue weighted by Crippen LogP contribution is -2.34. The Balaban J connectivity index is 1.77. The number of rotatable bonds is 8. The normalized spacial score (nSPS) is 12.5. The molecule has 1 atom stereocenters. The van der Waals surface area contributed by atoms with E-state index in [2.05, 4.69) is 36.5 Å². The number of hydroxylamine groups is 2. The smallest absolute Gasteiger partial charge is 0.434 e. The van der Waals surface area contributed by atoms with E-state index in [9.17, 15) is 10.0 Å². The summed E-state index contributed by atoms with van der Waals surface area (Å²) in [6.45, 7) is 9.76. The van der Waals surface area contributed by atoms with Crippen LogP contribution in [0.3, 0.4) is 0 Å². The number of nitrogens with one attached hydrogen (secondary N) is 1. The molecule has 152 valence electrons. The van der Waals surface area contributed by atoms with Gasteiger partial charge in [0.2, 0.25) is 0 Å². The molecule has 0 aliphatic rings. The lowest BCUT2D eigenvalue weighted by Gasteiger charge is -2.31. The topological polar surface area (TPSA) is 61.8 Å². The molecule has 0 aliphatic carbocycles. The first-order valence-corrected chi connectivity index (χ1v) is 9.75. The fraction of sp³-hybridized carbons (Fsp3) is 0.435. The Morgan fingerprint density at radius 2 is 1.75 bits per heavy atom. The van der Waals surface area contributed by atoms with Crippen LogP contribution in [0, 0.1) is 12.3 Å². The van der Waals surface area contributed by atoms with Crippen LogP contribution in [-0.4, -0.2) is 29.5 Å². The molecule has 0 aliphatic heterocycles. The van der Waals surface area contributed by atoms with Crippen molar-refractivity contribution >= 4 is 6.09 Å². The minimum atomic E-state index is -0.720. The van der Waals surface area contributed by atoms with E-state index in [4.69, 9.17) is 4.74 Å². The molecule has 1 amide bonds. The standard InChI is InChI=1S/C23H32N2O3/c1-18-11-13-19(14-12-18)17-24-15-8-16-25(27)22(26)28-21(23(2,3)4)20-9-6-5-7-10-20/h5-7,9-14,21,24,27H,8,15-17H2,1-4H3. The Hall–Kier alpha value is -2.37. The number of hydrogen-bond donors (Lipinski definition) is 2. The highest BCUT2D eigenvalue weighted by atomic mass is 16.6. The van der Waals surface area contributed by atoms with E-state index in [1.165, 1.54) is 11.1 Å². The zero-order valence-corrected chi connectivity index (χ0v) is 17.3. The second kappa shape index (κ2) is 10.2. The van der Waals surface area contributed by atoms with Gasteiger partial charge in [-0.3, -0.25) is 5.21 Å². The van der Waals surface area contributed by atoms with Crippen LogP contribution in [0.4, 0.5) is 4.79 Å². The molecule has 2 aromatic carbocycles. The summed E-state index contributed by atoms with van der Waals surface area (Å²) in [6.07, 6.45) is -0.527. The van der Waals surface area contributed by atoms with Gasteiger partial charge in [0.1, 0.15) is 6.10 Å². The second-order valence-electron chi connectivity index (χ2n) is 8.18. The summed E-state index contributed by atoms with van der Waals surface area (Å²) in [4.78, 5) is 12.3. The largest absolute Gasteiger partial charge is 0.439 e. The fourth-order valence-electron chi connectivity index (χ4n) is 2.92. The van der Waals surface area contributed by atoms with Crippen LogP contribution in [0.5, 0.6) is 0 Å². The predicted octanol–water partition coefficient (Wildman–Crippen LogP) is 5.09. The van der Waals surface area contributed by atoms with Crippen molar-refractivity contribution in [2.75, 3.05) is 13.1 Å². The van der Waals surface area contributed by atoms with Crippen LogP contribution >= 0.6 is 0 Å². The van der Waals surface area contributed by atoms with Gasteiger partial charge in [-0.25, -0.2) is 4.79 Å². The molecular formula is C23H32N2O3. The molecule has 28 heavy (non-hydrogen) atoms. The maximum Gasteiger partial charge on any atom is 0.434 e. The number of hydrogen-bond acceptors (Lipinski definition) is 4. The summed E-state index contributed by atoms with van der Waals surface area (Å²) in [5.41, 5.74) is 3.08. The van der Waals surface area contributed by atoms with Gasteiger partial charge < -0.3 is 10.1 Å². The average Bonchev–Trinajstić information content (AvgIpc) is 2.66. The van der Waals surface area contributed by atoms with Crippen molar-refractivity contribution in [1.29, 1.82) is 0 Å². The van der Waals surface area contributed by atoms with Gasteiger partial charge in [-0.1, -0.05) is 80.9 Å². The van der Waals surface area contributed by atoms with E-state index in [0.29, 0.717) is 18.0 Å². The molecule has 0 saturated carbocycles. The number of carbonyl (C=O) groups excluding carboxylic acids is 1. The van der Waals surface area contributed by atoms with Gasteiger partial charge >= 0.3 is 6.09 Å². The van der Waals surface area contributed by atoms with Crippen LogP contribution in [-0.2, 0) is 11.3 Å². The highest BCUT2D eigenvalue weighted by Crippen LogP contribution is 2.36. The minimum Gasteiger partial charge on any atom is -0.439 e. The van der Waals surface area contributed by atoms with Crippen LogP contribution in [0.25, 0.3) is 0 Å². The zero-order chi connectivity index (χ0) is 20.6. The third-order valence-corrected chi connectivity index (χ3v) is 4.49. The second-order valence-corrected chi connectivity index (χ2v) is 8.18. The zero-order valence-electron chi connectivity index (χ0n) is 17.3. The summed E-state index contributed by atoms with van der Waals surface area (Å²) in [6, 6.07) is 18.0. The number of amides is 1. The Bertz CT molecular complexity index is 724. The number of ether oxygens (including phenoxy) is 1. The quantitative estimate of drug-likeness (QED) is 0.378. The van der Waals surface area contributed by atoms with Gasteiger partial charge in [0.15, 0.2) is 0 Å². The lowest BCUT2D eigenvalue weighted by atomic mass is 9.84. The van der Waals surface area contributed by atoms with E-state index in [0.717, 1.165) is 12.1 Å². The molecule has 1 unspecified atom stereocenters. The van der Waals surface area contributed by atoms with Crippen molar-refractivity contribution in [2.45, 2.75) is 46.8 Å². The highest BCUT2D eigenvalue weighted by molar-refractivity contribution is 5.66. The van der Waals surface area contributed by atoms with Gasteiger partial charge in [0.05, 0.1) is 6.54 Å². The lowest BCUT2D eigenvalue weighted by molar-refractivity contribution is -0.0959. The molecule has 0 bridgehead atoms. The van der Waals surface area contributed by atoms with Gasteiger partial charge in [-0.15, -0.1) is 0 Å². The Morgan fingerprint density at radius 1 is 1.11 bits per heavy atom. The first-order chi connectivity index (χ1) is 13.3. The molecule has 2 rings (SSSR count). The highest BCUT2D eigenvalue weighted by Gasteiger charge is 2.31. The molecule has 0 spiro atoms. The molecule has 5 heteroatoms. The maximum absolute atomic E-state index is 12.3. The molecule has 0 aromatic heterocycles. The first kappa shape index (κ1) is 21.9. The number of benzene rings is 2. The summed E-state index contributed by atoms with van der Waals surface area (Å²) >= 11 is 0. The number of carbonyl (C=O) groups is 1. The van der Waals surface area contributed by atoms with Gasteiger partial charge in [-0.05, 0) is 31.0 Å². The predicted molar refractivity (Wildman–Crippen MR) is 111 cm³/mol. The summed E-state index contributed by atoms with van der Waals surface area (Å²) in [7, 11) is 0. The Labute approximate surface area is 168 Å². The van der Waals surface area contributed by atoms with E-state index < -0.39 is 12.2 Å². The number of nitrogens with zero attached hydrogens (tertiary/aromatic N) is 1. The van der Waals surface area contributed by atoms with Crippen LogP contribution < -0.4 is 5.32 Å². The van der Waals surface area contributed by atoms with E-state index >= 15 is 0 Å². The van der Waals surface area contributed by atoms with E-state index in [1.807, 2.05) is 51.1 Å². The Kier molecular flexibility index (Phi) is 8.03. The summed E-state index contributed by atoms with van der Waals surface area (Å²) in [5.74, 6) is 0. The van der Waals surface area contributed by atoms with Gasteiger partial charge in [0, 0.05) is 12.0 Å². The van der Waals surface area contributed by atoms with Crippen LogP contribution in [0.2, 0.25) is 0 Å². The maximum atomic E-state index is 12.3. The molecule has 2 N–H and O–H groups in total. The van der Waals surface area contributed by atoms with Crippen molar-refractivity contribution in [1.82, 2.24) is 10.4 Å². The molecule has 0 saturated heterocycles. The third-order valence-electron chi connectivity index (χ3n) is 4.49. The molecular weight excluding hydrogens is 352 g/mol. The monoisotopic (exact) mass is 384 g/mol. The van der Waals surface area contributed by atoms with Crippen LogP contribution in [0.1, 0.15) is 50.0 Å². The van der Waals surface area contributed by atoms with Crippen molar-refractivity contribution in [3.05, 3.63) is 71.3 Å². The SMILES string of the molecule is Cc1ccc(CNCCCN(O)C(=O)OC(c2ccccc2)C(C)(C)C)cc1. The van der Waals surface area contributed by atoms with Crippen molar-refractivity contribution < 1.29 is 14.7 Å². The number of aryl methyl sites for hydroxylation is 1. The Morgan fingerprint density at radius 3 is 2.36 bits per heavy atom. The van der Waals surface area contributed by atoms with Crippen molar-refractivity contribution in [2.24, 2.45) is 5.41 Å². The van der Waals surface area contributed by atoms with Crippen molar-refractivity contribution in [3.63, 3.8) is 0 Å². The first-order valence-electron chi connectivity index (χ1n) is 9.75. The van der Waals surface area contributed by atoms with Gasteiger partial charge in [0.25, 0.3) is 0 Å². The van der Waals surface area contributed by atoms with E-state index in [-0.39, 0.29) is 12.0 Å². The fourth-order valence-corrected chi connectivity index (χ4v) is 2.92. The molecule has 0 heterocycles. The average molecular weight is 385 g/mol. The van der Waals surface area contributed by atoms with Gasteiger partial charge in [-0.2, -0.15) is 5.06 Å². The van der Waals surface area contributed by atoms with Crippen molar-refractivity contribution in [3.8, 4) is 0 Å². The van der Waals surface area contributed by atoms with Crippen LogP contribution in [0.15, 0.2) is 54.6 Å². The molecule has 5 nitrogen and oxygen atoms in total. The van der Waals surface area contributed by atoms with E-state index in [1.54, 1.807) is 0 Å². The molecule has 0 radical (unpaired) electrons. The minimum absolute atomic E-state index is 0.214. The molecule has 0 fully saturated rings. The third kappa shape index (κ3) is 6.98. The molecule has 2 aromatic rings. The summed E-state index contributed by atoms with van der Waals surface area (Å²) in [5, 5.41) is 14.0. The summed E-state index contributed by atoms with van der Waals surface area (Å²) < 4.78 is 5.62.